The van der Waals surface area contributed by atoms with Crippen LogP contribution in [-0.4, -0.2) is 43.8 Å². The van der Waals surface area contributed by atoms with E-state index in [1.54, 1.807) is 61.5 Å². The van der Waals surface area contributed by atoms with Crippen molar-refractivity contribution in [3.8, 4) is 0 Å². The molecule has 0 aromatic heterocycles. The Morgan fingerprint density at radius 3 is 2.22 bits per heavy atom. The highest BCUT2D eigenvalue weighted by atomic mass is 35.5. The first-order valence-corrected chi connectivity index (χ1v) is 16.0. The molecule has 1 aliphatic rings. The molecule has 41 heavy (non-hydrogen) atoms. The summed E-state index contributed by atoms with van der Waals surface area (Å²) in [7, 11) is -4.09. The van der Waals surface area contributed by atoms with Crippen LogP contribution in [0.4, 0.5) is 5.69 Å². The van der Waals surface area contributed by atoms with E-state index in [1.165, 1.54) is 21.3 Å². The lowest BCUT2D eigenvalue weighted by atomic mass is 9.95. The van der Waals surface area contributed by atoms with E-state index in [1.807, 2.05) is 19.1 Å². The van der Waals surface area contributed by atoms with Crippen molar-refractivity contribution in [3.05, 3.63) is 95.0 Å². The van der Waals surface area contributed by atoms with Gasteiger partial charge in [0.1, 0.15) is 12.6 Å². The number of aryl methyl sites for hydroxylation is 1. The van der Waals surface area contributed by atoms with Gasteiger partial charge in [-0.05, 0) is 67.6 Å². The number of amides is 2. The van der Waals surface area contributed by atoms with Gasteiger partial charge in [-0.1, -0.05) is 86.3 Å². The lowest BCUT2D eigenvalue weighted by molar-refractivity contribution is -0.139. The van der Waals surface area contributed by atoms with E-state index in [2.05, 4.69) is 5.32 Å². The second-order valence-corrected chi connectivity index (χ2v) is 12.8. The van der Waals surface area contributed by atoms with Gasteiger partial charge in [0.25, 0.3) is 10.0 Å². The summed E-state index contributed by atoms with van der Waals surface area (Å²) in [6.45, 7) is 3.31. The summed E-state index contributed by atoms with van der Waals surface area (Å²) in [5.41, 5.74) is 2.02. The molecule has 1 atom stereocenters. The molecule has 4 rings (SSSR count). The highest BCUT2D eigenvalue weighted by Crippen LogP contribution is 2.28. The molecule has 1 unspecified atom stereocenters. The minimum Gasteiger partial charge on any atom is -0.352 e. The minimum absolute atomic E-state index is 0.0811. The number of hydrogen-bond acceptors (Lipinski definition) is 4. The third-order valence-corrected chi connectivity index (χ3v) is 9.66. The van der Waals surface area contributed by atoms with Crippen molar-refractivity contribution in [3.63, 3.8) is 0 Å². The van der Waals surface area contributed by atoms with Crippen molar-refractivity contribution < 1.29 is 18.0 Å². The molecule has 1 aliphatic carbocycles. The molecular weight excluding hydrogens is 558 g/mol. The zero-order valence-corrected chi connectivity index (χ0v) is 25.2. The Balaban J connectivity index is 1.69. The Kier molecular flexibility index (Phi) is 10.5. The van der Waals surface area contributed by atoms with Gasteiger partial charge in [-0.2, -0.15) is 0 Å². The minimum atomic E-state index is -4.09. The fraction of sp³-hybridized carbons (Fsp3) is 0.375. The van der Waals surface area contributed by atoms with Crippen LogP contribution in [0.1, 0.15) is 57.1 Å². The van der Waals surface area contributed by atoms with Crippen LogP contribution in [0.5, 0.6) is 0 Å². The molecular formula is C32H38ClN3O4S. The zero-order chi connectivity index (χ0) is 29.4. The number of nitrogens with zero attached hydrogens (tertiary/aromatic N) is 2. The van der Waals surface area contributed by atoms with Gasteiger partial charge >= 0.3 is 0 Å². The summed E-state index contributed by atoms with van der Waals surface area (Å²) < 4.78 is 29.1. The fourth-order valence-corrected chi connectivity index (χ4v) is 6.82. The van der Waals surface area contributed by atoms with Crippen molar-refractivity contribution in [1.29, 1.82) is 0 Å². The molecule has 3 aromatic rings. The highest BCUT2D eigenvalue weighted by molar-refractivity contribution is 7.92. The summed E-state index contributed by atoms with van der Waals surface area (Å²) in [5, 5.41) is 3.68. The SMILES string of the molecule is CCc1ccccc1N(CC(=O)N(Cc1ccc(Cl)cc1)C(C)C(=O)NC1CCCCC1)S(=O)(=O)c1ccccc1. The van der Waals surface area contributed by atoms with E-state index in [4.69, 9.17) is 11.6 Å². The van der Waals surface area contributed by atoms with E-state index in [-0.39, 0.29) is 23.4 Å². The lowest BCUT2D eigenvalue weighted by Crippen LogP contribution is -2.53. The van der Waals surface area contributed by atoms with Crippen LogP contribution in [-0.2, 0) is 32.6 Å². The molecule has 9 heteroatoms. The van der Waals surface area contributed by atoms with Crippen molar-refractivity contribution in [2.45, 2.75) is 75.9 Å². The van der Waals surface area contributed by atoms with Gasteiger partial charge in [0.05, 0.1) is 10.6 Å². The average Bonchev–Trinajstić information content (AvgIpc) is 3.00. The number of carbonyl (C=O) groups excluding carboxylic acids is 2. The van der Waals surface area contributed by atoms with Gasteiger partial charge in [-0.3, -0.25) is 13.9 Å². The average molecular weight is 596 g/mol. The van der Waals surface area contributed by atoms with Gasteiger partial charge in [0, 0.05) is 17.6 Å². The smallest absolute Gasteiger partial charge is 0.264 e. The summed E-state index contributed by atoms with van der Waals surface area (Å²) in [6.07, 6.45) is 5.71. The predicted molar refractivity (Wildman–Crippen MR) is 163 cm³/mol. The molecule has 1 N–H and O–H groups in total. The van der Waals surface area contributed by atoms with Crippen molar-refractivity contribution >= 4 is 39.1 Å². The maximum atomic E-state index is 14.1. The number of benzene rings is 3. The number of para-hydroxylation sites is 1. The van der Waals surface area contributed by atoms with Crippen LogP contribution < -0.4 is 9.62 Å². The molecule has 0 radical (unpaired) electrons. The van der Waals surface area contributed by atoms with Gasteiger partial charge in [-0.15, -0.1) is 0 Å². The van der Waals surface area contributed by atoms with Gasteiger partial charge < -0.3 is 10.2 Å². The normalized spacial score (nSPS) is 14.7. The lowest BCUT2D eigenvalue weighted by Gasteiger charge is -2.33. The van der Waals surface area contributed by atoms with Crippen molar-refractivity contribution in [2.75, 3.05) is 10.8 Å². The first-order valence-electron chi connectivity index (χ1n) is 14.2. The maximum Gasteiger partial charge on any atom is 0.264 e. The summed E-state index contributed by atoms with van der Waals surface area (Å²) in [6, 6.07) is 21.6. The quantitative estimate of drug-likeness (QED) is 0.296. The van der Waals surface area contributed by atoms with Crippen LogP contribution in [0.3, 0.4) is 0 Å². The van der Waals surface area contributed by atoms with Crippen LogP contribution in [0, 0.1) is 0 Å². The van der Waals surface area contributed by atoms with Crippen molar-refractivity contribution in [1.82, 2.24) is 10.2 Å². The number of nitrogens with one attached hydrogen (secondary N) is 1. The first-order chi connectivity index (χ1) is 19.7. The molecule has 1 saturated carbocycles. The van der Waals surface area contributed by atoms with Crippen LogP contribution in [0.15, 0.2) is 83.8 Å². The van der Waals surface area contributed by atoms with Gasteiger partial charge in [0.2, 0.25) is 11.8 Å². The Labute approximate surface area is 248 Å². The third-order valence-electron chi connectivity index (χ3n) is 7.64. The highest BCUT2D eigenvalue weighted by Gasteiger charge is 2.33. The zero-order valence-electron chi connectivity index (χ0n) is 23.6. The van der Waals surface area contributed by atoms with Crippen LogP contribution in [0.2, 0.25) is 5.02 Å². The molecule has 0 bridgehead atoms. The van der Waals surface area contributed by atoms with Crippen LogP contribution in [0.25, 0.3) is 0 Å². The molecule has 3 aromatic carbocycles. The van der Waals surface area contributed by atoms with E-state index in [0.717, 1.165) is 43.2 Å². The Morgan fingerprint density at radius 1 is 0.927 bits per heavy atom. The maximum absolute atomic E-state index is 14.1. The molecule has 1 fully saturated rings. The predicted octanol–water partition coefficient (Wildman–Crippen LogP) is 5.96. The molecule has 0 heterocycles. The summed E-state index contributed by atoms with van der Waals surface area (Å²) >= 11 is 6.09. The third kappa shape index (κ3) is 7.68. The second kappa shape index (κ2) is 14.0. The van der Waals surface area contributed by atoms with E-state index in [9.17, 15) is 18.0 Å². The molecule has 2 amide bonds. The fourth-order valence-electron chi connectivity index (χ4n) is 5.22. The molecule has 218 valence electrons. The Hall–Kier alpha value is -3.36. The largest absolute Gasteiger partial charge is 0.352 e. The number of carbonyl (C=O) groups is 2. The van der Waals surface area contributed by atoms with Crippen molar-refractivity contribution in [2.24, 2.45) is 0 Å². The Morgan fingerprint density at radius 2 is 1.56 bits per heavy atom. The molecule has 0 spiro atoms. The number of hydrogen-bond donors (Lipinski definition) is 1. The standard InChI is InChI=1S/C32H38ClN3O4S/c1-3-26-12-10-11-17-30(26)36(41(39,40)29-15-8-5-9-16-29)23-31(37)35(22-25-18-20-27(33)21-19-25)24(2)32(38)34-28-13-6-4-7-14-28/h5,8-12,15-21,24,28H,3-4,6-7,13-14,22-23H2,1-2H3,(H,34,38). The van der Waals surface area contributed by atoms with Gasteiger partial charge in [-0.25, -0.2) is 8.42 Å². The molecule has 0 aliphatic heterocycles. The Bertz CT molecular complexity index is 1420. The summed E-state index contributed by atoms with van der Waals surface area (Å²) in [4.78, 5) is 29.1. The number of sulfonamides is 1. The number of rotatable bonds is 11. The molecule has 0 saturated heterocycles. The monoisotopic (exact) mass is 595 g/mol. The molecule has 7 nitrogen and oxygen atoms in total. The summed E-state index contributed by atoms with van der Waals surface area (Å²) in [5.74, 6) is -0.720. The van der Waals surface area contributed by atoms with Gasteiger partial charge in [0.15, 0.2) is 0 Å². The first kappa shape index (κ1) is 30.6. The topological polar surface area (TPSA) is 86.8 Å². The second-order valence-electron chi connectivity index (χ2n) is 10.5. The number of anilines is 1. The van der Waals surface area contributed by atoms with Crippen LogP contribution >= 0.6 is 11.6 Å². The van der Waals surface area contributed by atoms with E-state index in [0.29, 0.717) is 17.1 Å². The van der Waals surface area contributed by atoms with E-state index >= 15 is 0 Å². The van der Waals surface area contributed by atoms with E-state index < -0.39 is 28.5 Å². The number of halogens is 1.